The Hall–Kier alpha value is -2.46. The lowest BCUT2D eigenvalue weighted by molar-refractivity contribution is 0.971. The van der Waals surface area contributed by atoms with Gasteiger partial charge in [-0.3, -0.25) is 9.55 Å². The van der Waals surface area contributed by atoms with Gasteiger partial charge in [0, 0.05) is 23.5 Å². The maximum Gasteiger partial charge on any atom is 0.164 e. The molecule has 4 rings (SSSR count). The zero-order valence-corrected chi connectivity index (χ0v) is 11.8. The van der Waals surface area contributed by atoms with Crippen molar-refractivity contribution in [1.82, 2.24) is 19.5 Å². The van der Waals surface area contributed by atoms with Crippen LogP contribution in [0.25, 0.3) is 27.8 Å². The number of benzene rings is 1. The number of fused-ring (bicyclic) bond motifs is 2. The lowest BCUT2D eigenvalue weighted by atomic mass is 10.2. The highest BCUT2D eigenvalue weighted by molar-refractivity contribution is 6.17. The minimum atomic E-state index is 0.335. The molecule has 0 aliphatic heterocycles. The van der Waals surface area contributed by atoms with Crippen molar-refractivity contribution in [3.8, 4) is 5.69 Å². The second-order valence-corrected chi connectivity index (χ2v) is 4.99. The number of hydrogen-bond donors (Lipinski definition) is 0. The topological polar surface area (TPSA) is 43.6 Å². The number of halogens is 1. The Morgan fingerprint density at radius 1 is 0.952 bits per heavy atom. The van der Waals surface area contributed by atoms with Crippen LogP contribution < -0.4 is 0 Å². The summed E-state index contributed by atoms with van der Waals surface area (Å²) in [7, 11) is 0. The van der Waals surface area contributed by atoms with Crippen molar-refractivity contribution in [1.29, 1.82) is 0 Å². The van der Waals surface area contributed by atoms with Crippen LogP contribution >= 0.6 is 11.6 Å². The SMILES string of the molecule is ClCc1nc2cccnc2n1-c1ccc2ncccc2c1. The largest absolute Gasteiger partial charge is 0.280 e. The Kier molecular flexibility index (Phi) is 2.82. The molecule has 102 valence electrons. The summed E-state index contributed by atoms with van der Waals surface area (Å²) in [6.45, 7) is 0. The molecule has 0 spiro atoms. The number of hydrogen-bond acceptors (Lipinski definition) is 3. The molecule has 3 heterocycles. The molecule has 1 aromatic carbocycles. The average molecular weight is 295 g/mol. The molecule has 0 amide bonds. The smallest absolute Gasteiger partial charge is 0.164 e. The van der Waals surface area contributed by atoms with Gasteiger partial charge in [0.25, 0.3) is 0 Å². The van der Waals surface area contributed by atoms with Crippen LogP contribution in [-0.2, 0) is 5.88 Å². The van der Waals surface area contributed by atoms with Gasteiger partial charge in [0.2, 0.25) is 0 Å². The zero-order chi connectivity index (χ0) is 14.2. The molecule has 0 fully saturated rings. The van der Waals surface area contributed by atoms with Gasteiger partial charge < -0.3 is 0 Å². The summed E-state index contributed by atoms with van der Waals surface area (Å²) in [6, 6.07) is 13.9. The van der Waals surface area contributed by atoms with E-state index in [0.29, 0.717) is 5.88 Å². The first-order chi connectivity index (χ1) is 10.4. The van der Waals surface area contributed by atoms with Crippen LogP contribution in [0, 0.1) is 0 Å². The van der Waals surface area contributed by atoms with Crippen molar-refractivity contribution >= 4 is 33.7 Å². The van der Waals surface area contributed by atoms with E-state index >= 15 is 0 Å². The van der Waals surface area contributed by atoms with Crippen molar-refractivity contribution in [3.05, 3.63) is 60.7 Å². The molecular weight excluding hydrogens is 284 g/mol. The van der Waals surface area contributed by atoms with Crippen molar-refractivity contribution in [3.63, 3.8) is 0 Å². The van der Waals surface area contributed by atoms with Gasteiger partial charge in [0.05, 0.1) is 11.4 Å². The van der Waals surface area contributed by atoms with Crippen LogP contribution in [0.4, 0.5) is 0 Å². The van der Waals surface area contributed by atoms with E-state index in [0.717, 1.165) is 33.6 Å². The minimum absolute atomic E-state index is 0.335. The monoisotopic (exact) mass is 294 g/mol. The Labute approximate surface area is 126 Å². The fraction of sp³-hybridized carbons (Fsp3) is 0.0625. The molecule has 0 saturated carbocycles. The second kappa shape index (κ2) is 4.82. The summed E-state index contributed by atoms with van der Waals surface area (Å²) in [5.41, 5.74) is 3.62. The van der Waals surface area contributed by atoms with Crippen LogP contribution in [0.15, 0.2) is 54.9 Å². The average Bonchev–Trinajstić information content (AvgIpc) is 2.93. The predicted molar refractivity (Wildman–Crippen MR) is 83.7 cm³/mol. The molecule has 4 nitrogen and oxygen atoms in total. The van der Waals surface area contributed by atoms with E-state index in [9.17, 15) is 0 Å². The number of rotatable bonds is 2. The summed E-state index contributed by atoms with van der Waals surface area (Å²) in [4.78, 5) is 13.3. The molecule has 5 heteroatoms. The number of aromatic nitrogens is 4. The van der Waals surface area contributed by atoms with Gasteiger partial charge in [-0.2, -0.15) is 0 Å². The fourth-order valence-electron chi connectivity index (χ4n) is 2.52. The van der Waals surface area contributed by atoms with E-state index in [4.69, 9.17) is 11.6 Å². The molecule has 0 bridgehead atoms. The maximum absolute atomic E-state index is 6.05. The third-order valence-corrected chi connectivity index (χ3v) is 3.69. The van der Waals surface area contributed by atoms with Crippen LogP contribution in [-0.4, -0.2) is 19.5 Å². The van der Waals surface area contributed by atoms with Crippen molar-refractivity contribution in [2.45, 2.75) is 5.88 Å². The Morgan fingerprint density at radius 3 is 2.71 bits per heavy atom. The van der Waals surface area contributed by atoms with Crippen LogP contribution in [0.5, 0.6) is 0 Å². The molecule has 0 aliphatic rings. The summed E-state index contributed by atoms with van der Waals surface area (Å²) in [5, 5.41) is 1.08. The third-order valence-electron chi connectivity index (χ3n) is 3.45. The molecule has 21 heavy (non-hydrogen) atoms. The minimum Gasteiger partial charge on any atom is -0.280 e. The molecule has 0 unspecified atom stereocenters. The van der Waals surface area contributed by atoms with Crippen molar-refractivity contribution in [2.24, 2.45) is 0 Å². The van der Waals surface area contributed by atoms with Gasteiger partial charge in [-0.1, -0.05) is 6.07 Å². The molecule has 4 aromatic rings. The summed E-state index contributed by atoms with van der Waals surface area (Å²) in [5.74, 6) is 1.12. The van der Waals surface area contributed by atoms with E-state index in [1.54, 1.807) is 12.4 Å². The normalized spacial score (nSPS) is 11.3. The van der Waals surface area contributed by atoms with Gasteiger partial charge in [-0.05, 0) is 36.4 Å². The standard InChI is InChI=1S/C16H11ClN4/c17-10-15-20-14-4-2-8-19-16(14)21(15)12-5-6-13-11(9-12)3-1-7-18-13/h1-9H,10H2. The summed E-state index contributed by atoms with van der Waals surface area (Å²) >= 11 is 6.05. The first kappa shape index (κ1) is 12.3. The first-order valence-electron chi connectivity index (χ1n) is 6.60. The van der Waals surface area contributed by atoms with Gasteiger partial charge >= 0.3 is 0 Å². The molecule has 0 saturated heterocycles. The Morgan fingerprint density at radius 2 is 1.81 bits per heavy atom. The van der Waals surface area contributed by atoms with Crippen molar-refractivity contribution < 1.29 is 0 Å². The fourth-order valence-corrected chi connectivity index (χ4v) is 2.70. The second-order valence-electron chi connectivity index (χ2n) is 4.72. The first-order valence-corrected chi connectivity index (χ1v) is 7.14. The number of nitrogens with zero attached hydrogens (tertiary/aromatic N) is 4. The molecule has 0 radical (unpaired) electrons. The van der Waals surface area contributed by atoms with Crippen molar-refractivity contribution in [2.75, 3.05) is 0 Å². The van der Waals surface area contributed by atoms with Crippen LogP contribution in [0.2, 0.25) is 0 Å². The summed E-state index contributed by atoms with van der Waals surface area (Å²) < 4.78 is 1.99. The van der Waals surface area contributed by atoms with E-state index in [2.05, 4.69) is 21.0 Å². The van der Waals surface area contributed by atoms with E-state index in [-0.39, 0.29) is 0 Å². The summed E-state index contributed by atoms with van der Waals surface area (Å²) in [6.07, 6.45) is 3.56. The quantitative estimate of drug-likeness (QED) is 0.529. The van der Waals surface area contributed by atoms with Gasteiger partial charge in [0.1, 0.15) is 11.3 Å². The van der Waals surface area contributed by atoms with Gasteiger partial charge in [0.15, 0.2) is 5.65 Å². The van der Waals surface area contributed by atoms with Crippen LogP contribution in [0.1, 0.15) is 5.82 Å². The van der Waals surface area contributed by atoms with Gasteiger partial charge in [-0.15, -0.1) is 11.6 Å². The Balaban J connectivity index is 2.03. The number of pyridine rings is 2. The lowest BCUT2D eigenvalue weighted by Gasteiger charge is -2.08. The molecule has 0 atom stereocenters. The molecule has 0 N–H and O–H groups in total. The molecule has 0 aliphatic carbocycles. The third kappa shape index (κ3) is 1.96. The van der Waals surface area contributed by atoms with Gasteiger partial charge in [-0.25, -0.2) is 9.97 Å². The number of imidazole rings is 1. The predicted octanol–water partition coefficient (Wildman–Crippen LogP) is 3.71. The lowest BCUT2D eigenvalue weighted by Crippen LogP contribution is -2.00. The highest BCUT2D eigenvalue weighted by Gasteiger charge is 2.12. The zero-order valence-electron chi connectivity index (χ0n) is 11.1. The van der Waals surface area contributed by atoms with Crippen LogP contribution in [0.3, 0.4) is 0 Å². The van der Waals surface area contributed by atoms with E-state index in [1.807, 2.05) is 41.0 Å². The highest BCUT2D eigenvalue weighted by Crippen LogP contribution is 2.23. The Bertz CT molecular complexity index is 945. The number of alkyl halides is 1. The molecule has 3 aromatic heterocycles. The van der Waals surface area contributed by atoms with E-state index < -0.39 is 0 Å². The highest BCUT2D eigenvalue weighted by atomic mass is 35.5. The van der Waals surface area contributed by atoms with E-state index in [1.165, 1.54) is 0 Å². The maximum atomic E-state index is 6.05. The molecular formula is C16H11ClN4.